The van der Waals surface area contributed by atoms with E-state index in [-0.39, 0.29) is 0 Å². The summed E-state index contributed by atoms with van der Waals surface area (Å²) in [5.41, 5.74) is 1.03. The lowest BCUT2D eigenvalue weighted by molar-refractivity contribution is -0.131. The van der Waals surface area contributed by atoms with E-state index in [1.807, 2.05) is 11.4 Å². The smallest absolute Gasteiger partial charge is 0.328 e. The number of nitrogens with zero attached hydrogens (tertiary/aromatic N) is 1. The number of rotatable bonds is 8. The molecule has 0 aliphatic rings. The SMILES string of the molecule is CCCCN(CC)Cc1sccc1C=CC(=O)O. The minimum absolute atomic E-state index is 0.898. The molecule has 0 aliphatic carbocycles. The fraction of sp³-hybridized carbons (Fsp3) is 0.500. The number of carbonyl (C=O) groups is 1. The molecule has 0 aliphatic heterocycles. The Balaban J connectivity index is 2.65. The quantitative estimate of drug-likeness (QED) is 0.733. The molecule has 1 rings (SSSR count). The molecule has 100 valence electrons. The highest BCUT2D eigenvalue weighted by molar-refractivity contribution is 7.10. The van der Waals surface area contributed by atoms with Crippen LogP contribution in [0.1, 0.15) is 37.1 Å². The molecule has 0 aromatic carbocycles. The normalized spacial score (nSPS) is 11.5. The molecule has 0 amide bonds. The van der Waals surface area contributed by atoms with Crippen molar-refractivity contribution >= 4 is 23.4 Å². The highest BCUT2D eigenvalue weighted by atomic mass is 32.1. The summed E-state index contributed by atoms with van der Waals surface area (Å²) in [6.45, 7) is 7.40. The van der Waals surface area contributed by atoms with Crippen LogP contribution in [0.3, 0.4) is 0 Å². The number of unbranched alkanes of at least 4 members (excludes halogenated alkanes) is 1. The molecule has 1 N–H and O–H groups in total. The van der Waals surface area contributed by atoms with Gasteiger partial charge in [0.2, 0.25) is 0 Å². The first-order valence-corrected chi connectivity index (χ1v) is 7.25. The second kappa shape index (κ2) is 8.06. The van der Waals surface area contributed by atoms with Crippen LogP contribution < -0.4 is 0 Å². The first kappa shape index (κ1) is 14.9. The molecule has 0 radical (unpaired) electrons. The van der Waals surface area contributed by atoms with Crippen molar-refractivity contribution in [1.82, 2.24) is 4.90 Å². The van der Waals surface area contributed by atoms with Crippen LogP contribution in [0, 0.1) is 0 Å². The Morgan fingerprint density at radius 2 is 2.28 bits per heavy atom. The van der Waals surface area contributed by atoms with E-state index in [0.29, 0.717) is 0 Å². The number of carboxylic acids is 1. The van der Waals surface area contributed by atoms with Gasteiger partial charge in [0.1, 0.15) is 0 Å². The van der Waals surface area contributed by atoms with Crippen LogP contribution >= 0.6 is 11.3 Å². The van der Waals surface area contributed by atoms with Crippen LogP contribution in [0.5, 0.6) is 0 Å². The van der Waals surface area contributed by atoms with E-state index >= 15 is 0 Å². The molecule has 0 spiro atoms. The minimum atomic E-state index is -0.898. The zero-order valence-corrected chi connectivity index (χ0v) is 11.9. The highest BCUT2D eigenvalue weighted by Gasteiger charge is 2.07. The van der Waals surface area contributed by atoms with Crippen LogP contribution in [0.25, 0.3) is 6.08 Å². The molecule has 18 heavy (non-hydrogen) atoms. The maximum absolute atomic E-state index is 10.5. The van der Waals surface area contributed by atoms with E-state index in [9.17, 15) is 4.79 Å². The van der Waals surface area contributed by atoms with Gasteiger partial charge in [0, 0.05) is 17.5 Å². The van der Waals surface area contributed by atoms with E-state index < -0.39 is 5.97 Å². The molecular weight excluding hydrogens is 246 g/mol. The predicted octanol–water partition coefficient (Wildman–Crippen LogP) is 3.47. The van der Waals surface area contributed by atoms with Crippen molar-refractivity contribution in [1.29, 1.82) is 0 Å². The summed E-state index contributed by atoms with van der Waals surface area (Å²) in [5, 5.41) is 10.7. The van der Waals surface area contributed by atoms with Gasteiger partial charge in [0.25, 0.3) is 0 Å². The van der Waals surface area contributed by atoms with E-state index in [2.05, 4.69) is 18.7 Å². The number of hydrogen-bond donors (Lipinski definition) is 1. The van der Waals surface area contributed by atoms with E-state index in [4.69, 9.17) is 5.11 Å². The number of carboxylic acid groups (broad SMARTS) is 1. The average molecular weight is 267 g/mol. The average Bonchev–Trinajstić information content (AvgIpc) is 2.79. The lowest BCUT2D eigenvalue weighted by atomic mass is 10.2. The summed E-state index contributed by atoms with van der Waals surface area (Å²) in [7, 11) is 0. The Morgan fingerprint density at radius 3 is 2.89 bits per heavy atom. The third kappa shape index (κ3) is 5.02. The molecule has 3 nitrogen and oxygen atoms in total. The standard InChI is InChI=1S/C14H21NO2S/c1-3-5-9-15(4-2)11-13-12(8-10-18-13)6-7-14(16)17/h6-8,10H,3-5,9,11H2,1-2H3,(H,16,17). The third-order valence-electron chi connectivity index (χ3n) is 2.83. The van der Waals surface area contributed by atoms with E-state index in [0.717, 1.165) is 25.2 Å². The van der Waals surface area contributed by atoms with Crippen LogP contribution in [0.15, 0.2) is 17.5 Å². The molecule has 0 atom stereocenters. The predicted molar refractivity (Wildman–Crippen MR) is 76.8 cm³/mol. The maximum atomic E-state index is 10.5. The van der Waals surface area contributed by atoms with Gasteiger partial charge >= 0.3 is 5.97 Å². The van der Waals surface area contributed by atoms with Crippen molar-refractivity contribution < 1.29 is 9.90 Å². The van der Waals surface area contributed by atoms with Crippen molar-refractivity contribution in [3.8, 4) is 0 Å². The van der Waals surface area contributed by atoms with Crippen LogP contribution in [0.2, 0.25) is 0 Å². The first-order chi connectivity index (χ1) is 8.67. The molecule has 0 bridgehead atoms. The van der Waals surface area contributed by atoms with E-state index in [1.54, 1.807) is 17.4 Å². The zero-order chi connectivity index (χ0) is 13.4. The number of aliphatic carboxylic acids is 1. The Hall–Kier alpha value is -1.13. The van der Waals surface area contributed by atoms with Crippen molar-refractivity contribution in [3.63, 3.8) is 0 Å². The second-order valence-corrected chi connectivity index (χ2v) is 5.19. The molecule has 1 aromatic heterocycles. The number of thiophene rings is 1. The minimum Gasteiger partial charge on any atom is -0.478 e. The monoisotopic (exact) mass is 267 g/mol. The number of hydrogen-bond acceptors (Lipinski definition) is 3. The highest BCUT2D eigenvalue weighted by Crippen LogP contribution is 2.20. The van der Waals surface area contributed by atoms with Crippen LogP contribution in [-0.4, -0.2) is 29.1 Å². The largest absolute Gasteiger partial charge is 0.478 e. The maximum Gasteiger partial charge on any atom is 0.328 e. The van der Waals surface area contributed by atoms with Gasteiger partial charge < -0.3 is 5.11 Å². The summed E-state index contributed by atoms with van der Waals surface area (Å²) in [6.07, 6.45) is 5.29. The molecule has 0 unspecified atom stereocenters. The molecule has 1 aromatic rings. The first-order valence-electron chi connectivity index (χ1n) is 6.37. The van der Waals surface area contributed by atoms with Gasteiger partial charge in [-0.3, -0.25) is 4.90 Å². The van der Waals surface area contributed by atoms with Crippen LogP contribution in [-0.2, 0) is 11.3 Å². The van der Waals surface area contributed by atoms with Gasteiger partial charge in [0.15, 0.2) is 0 Å². The van der Waals surface area contributed by atoms with Crippen molar-refractivity contribution in [2.75, 3.05) is 13.1 Å². The lowest BCUT2D eigenvalue weighted by Gasteiger charge is -2.19. The zero-order valence-electron chi connectivity index (χ0n) is 11.1. The summed E-state index contributed by atoms with van der Waals surface area (Å²) >= 11 is 1.69. The van der Waals surface area contributed by atoms with Crippen molar-refractivity contribution in [2.24, 2.45) is 0 Å². The lowest BCUT2D eigenvalue weighted by Crippen LogP contribution is -2.23. The van der Waals surface area contributed by atoms with Gasteiger partial charge in [-0.15, -0.1) is 11.3 Å². The van der Waals surface area contributed by atoms with Gasteiger partial charge in [-0.2, -0.15) is 0 Å². The second-order valence-electron chi connectivity index (χ2n) is 4.19. The Labute approximate surface area is 113 Å². The Bertz CT molecular complexity index is 398. The summed E-state index contributed by atoms with van der Waals surface area (Å²) in [6, 6.07) is 1.98. The molecule has 1 heterocycles. The summed E-state index contributed by atoms with van der Waals surface area (Å²) in [5.74, 6) is -0.898. The van der Waals surface area contributed by atoms with Crippen LogP contribution in [0.4, 0.5) is 0 Å². The van der Waals surface area contributed by atoms with E-state index in [1.165, 1.54) is 23.8 Å². The summed E-state index contributed by atoms with van der Waals surface area (Å²) in [4.78, 5) is 14.2. The molecule has 0 saturated heterocycles. The Kier molecular flexibility index (Phi) is 6.68. The fourth-order valence-corrected chi connectivity index (χ4v) is 2.63. The fourth-order valence-electron chi connectivity index (χ4n) is 1.72. The van der Waals surface area contributed by atoms with Gasteiger partial charge in [-0.1, -0.05) is 20.3 Å². The molecule has 4 heteroatoms. The topological polar surface area (TPSA) is 40.5 Å². The van der Waals surface area contributed by atoms with Gasteiger partial charge in [0.05, 0.1) is 0 Å². The van der Waals surface area contributed by atoms with Crippen molar-refractivity contribution in [2.45, 2.75) is 33.2 Å². The molecule has 0 fully saturated rings. The third-order valence-corrected chi connectivity index (χ3v) is 3.75. The summed E-state index contributed by atoms with van der Waals surface area (Å²) < 4.78 is 0. The van der Waals surface area contributed by atoms with Gasteiger partial charge in [-0.05, 0) is 42.6 Å². The molecular formula is C14H21NO2S. The van der Waals surface area contributed by atoms with Gasteiger partial charge in [-0.25, -0.2) is 4.79 Å². The Morgan fingerprint density at radius 1 is 1.50 bits per heavy atom. The van der Waals surface area contributed by atoms with Crippen molar-refractivity contribution in [3.05, 3.63) is 28.0 Å². The molecule has 0 saturated carbocycles.